The molecule has 170 valence electrons. The summed E-state index contributed by atoms with van der Waals surface area (Å²) >= 11 is 0. The number of carbonyl (C=O) groups excluding carboxylic acids is 3. The van der Waals surface area contributed by atoms with Crippen LogP contribution in [-0.2, 0) is 40.8 Å². The lowest BCUT2D eigenvalue weighted by Crippen LogP contribution is -2.45. The molecule has 0 atom stereocenters. The first-order valence-electron chi connectivity index (χ1n) is 11.8. The smallest absolute Gasteiger partial charge is 0.226 e. The van der Waals surface area contributed by atoms with Crippen molar-refractivity contribution in [1.29, 1.82) is 0 Å². The zero-order chi connectivity index (χ0) is 22.0. The number of hydrogen-bond acceptors (Lipinski definition) is 4. The number of piperidine rings is 2. The van der Waals surface area contributed by atoms with E-state index in [1.807, 2.05) is 26.4 Å². The minimum Gasteiger partial charge on any atom is -0.343 e. The molecule has 0 saturated carbocycles. The van der Waals surface area contributed by atoms with E-state index in [0.717, 1.165) is 56.5 Å². The third kappa shape index (κ3) is 4.77. The van der Waals surface area contributed by atoms with Gasteiger partial charge in [-0.3, -0.25) is 19.1 Å². The number of aromatic nitrogens is 2. The Morgan fingerprint density at radius 2 is 1.65 bits per heavy atom. The number of amides is 3. The summed E-state index contributed by atoms with van der Waals surface area (Å²) in [5.41, 5.74) is 3.29. The summed E-state index contributed by atoms with van der Waals surface area (Å²) in [6.45, 7) is 5.98. The van der Waals surface area contributed by atoms with Gasteiger partial charge in [-0.15, -0.1) is 0 Å². The Morgan fingerprint density at radius 3 is 2.32 bits per heavy atom. The molecule has 8 nitrogen and oxygen atoms in total. The Hall–Kier alpha value is -2.38. The van der Waals surface area contributed by atoms with Gasteiger partial charge in [0.05, 0.1) is 5.69 Å². The molecule has 0 N–H and O–H groups in total. The van der Waals surface area contributed by atoms with Crippen molar-refractivity contribution >= 4 is 17.7 Å². The van der Waals surface area contributed by atoms with Crippen LogP contribution in [0, 0.1) is 5.92 Å². The van der Waals surface area contributed by atoms with E-state index < -0.39 is 0 Å². The van der Waals surface area contributed by atoms with Crippen LogP contribution in [0.2, 0.25) is 0 Å². The second-order valence-corrected chi connectivity index (χ2v) is 9.23. The van der Waals surface area contributed by atoms with Crippen molar-refractivity contribution in [3.8, 4) is 0 Å². The first-order chi connectivity index (χ1) is 14.9. The van der Waals surface area contributed by atoms with Gasteiger partial charge in [-0.25, -0.2) is 0 Å². The molecular weight excluding hydrogens is 394 g/mol. The van der Waals surface area contributed by atoms with Crippen LogP contribution in [0.5, 0.6) is 0 Å². The molecule has 0 aliphatic carbocycles. The van der Waals surface area contributed by atoms with Crippen molar-refractivity contribution < 1.29 is 14.4 Å². The molecule has 0 aromatic carbocycles. The predicted octanol–water partition coefficient (Wildman–Crippen LogP) is 1.51. The lowest BCUT2D eigenvalue weighted by Gasteiger charge is -2.35. The maximum Gasteiger partial charge on any atom is 0.226 e. The molecule has 0 radical (unpaired) electrons. The monoisotopic (exact) mass is 429 g/mol. The van der Waals surface area contributed by atoms with Crippen LogP contribution in [0.15, 0.2) is 0 Å². The van der Waals surface area contributed by atoms with E-state index in [2.05, 4.69) is 0 Å². The molecule has 3 aliphatic heterocycles. The molecule has 1 aromatic rings. The summed E-state index contributed by atoms with van der Waals surface area (Å²) in [5, 5.41) is 4.71. The number of aryl methyl sites for hydroxylation is 2. The first kappa shape index (κ1) is 21.8. The van der Waals surface area contributed by atoms with Gasteiger partial charge in [0, 0.05) is 89.7 Å². The van der Waals surface area contributed by atoms with Gasteiger partial charge < -0.3 is 14.7 Å². The maximum absolute atomic E-state index is 13.2. The molecule has 2 saturated heterocycles. The van der Waals surface area contributed by atoms with Crippen molar-refractivity contribution in [2.75, 3.05) is 32.7 Å². The molecule has 4 rings (SSSR count). The highest BCUT2D eigenvalue weighted by molar-refractivity contribution is 5.80. The van der Waals surface area contributed by atoms with Gasteiger partial charge in [0.25, 0.3) is 0 Å². The number of hydrogen-bond donors (Lipinski definition) is 0. The molecule has 0 bridgehead atoms. The van der Waals surface area contributed by atoms with Crippen molar-refractivity contribution in [1.82, 2.24) is 24.5 Å². The molecule has 2 fully saturated rings. The Balaban J connectivity index is 1.37. The third-order valence-corrected chi connectivity index (χ3v) is 7.21. The molecule has 0 spiro atoms. The van der Waals surface area contributed by atoms with Gasteiger partial charge >= 0.3 is 0 Å². The zero-order valence-corrected chi connectivity index (χ0v) is 18.9. The molecule has 31 heavy (non-hydrogen) atoms. The van der Waals surface area contributed by atoms with E-state index in [1.54, 1.807) is 6.92 Å². The van der Waals surface area contributed by atoms with Crippen molar-refractivity contribution in [3.05, 3.63) is 17.0 Å². The van der Waals surface area contributed by atoms with Crippen LogP contribution in [0.1, 0.15) is 62.4 Å². The average Bonchev–Trinajstić information content (AvgIpc) is 3.12. The molecule has 3 amide bonds. The standard InChI is InChI=1S/C23H35N5O3/c1-17(29)26-13-8-18(9-14-26)23(31)28-15-10-21-19(16-28)20(24-25(21)2)6-7-22(30)27-11-4-3-5-12-27/h18H,3-16H2,1-2H3. The molecule has 1 aromatic heterocycles. The normalized spacial score (nSPS) is 20.0. The van der Waals surface area contributed by atoms with Gasteiger partial charge in [-0.05, 0) is 32.1 Å². The van der Waals surface area contributed by atoms with Crippen LogP contribution in [0.3, 0.4) is 0 Å². The van der Waals surface area contributed by atoms with Crippen LogP contribution >= 0.6 is 0 Å². The van der Waals surface area contributed by atoms with E-state index >= 15 is 0 Å². The average molecular weight is 430 g/mol. The lowest BCUT2D eigenvalue weighted by molar-refractivity contribution is -0.140. The van der Waals surface area contributed by atoms with Gasteiger partial charge in [-0.2, -0.15) is 5.10 Å². The van der Waals surface area contributed by atoms with Gasteiger partial charge in [0.1, 0.15) is 0 Å². The second kappa shape index (κ2) is 9.40. The third-order valence-electron chi connectivity index (χ3n) is 7.21. The maximum atomic E-state index is 13.2. The summed E-state index contributed by atoms with van der Waals surface area (Å²) in [6, 6.07) is 0. The number of carbonyl (C=O) groups is 3. The van der Waals surface area contributed by atoms with E-state index in [4.69, 9.17) is 5.10 Å². The second-order valence-electron chi connectivity index (χ2n) is 9.23. The van der Waals surface area contributed by atoms with E-state index in [1.165, 1.54) is 12.1 Å². The molecule has 8 heteroatoms. The largest absolute Gasteiger partial charge is 0.343 e. The minimum absolute atomic E-state index is 0.00190. The minimum atomic E-state index is -0.00190. The van der Waals surface area contributed by atoms with Crippen LogP contribution in [-0.4, -0.2) is 74.9 Å². The Bertz CT molecular complexity index is 835. The summed E-state index contributed by atoms with van der Waals surface area (Å²) < 4.78 is 1.93. The topological polar surface area (TPSA) is 78.8 Å². The number of rotatable bonds is 4. The van der Waals surface area contributed by atoms with E-state index in [-0.39, 0.29) is 23.6 Å². The number of likely N-dealkylation sites (tertiary alicyclic amines) is 2. The van der Waals surface area contributed by atoms with Crippen molar-refractivity contribution in [2.45, 2.75) is 64.8 Å². The Morgan fingerprint density at radius 1 is 0.935 bits per heavy atom. The number of nitrogens with zero attached hydrogens (tertiary/aromatic N) is 5. The number of fused-ring (bicyclic) bond motifs is 1. The predicted molar refractivity (Wildman–Crippen MR) is 116 cm³/mol. The molecule has 4 heterocycles. The first-order valence-corrected chi connectivity index (χ1v) is 11.8. The van der Waals surface area contributed by atoms with Crippen LogP contribution in [0.4, 0.5) is 0 Å². The fraction of sp³-hybridized carbons (Fsp3) is 0.739. The van der Waals surface area contributed by atoms with Gasteiger partial charge in [0.15, 0.2) is 0 Å². The summed E-state index contributed by atoms with van der Waals surface area (Å²) in [6.07, 6.45) is 6.84. The Labute approximate surface area is 184 Å². The zero-order valence-electron chi connectivity index (χ0n) is 18.9. The molecule has 3 aliphatic rings. The Kier molecular flexibility index (Phi) is 6.62. The molecule has 0 unspecified atom stereocenters. The summed E-state index contributed by atoms with van der Waals surface area (Å²) in [5.74, 6) is 0.513. The highest BCUT2D eigenvalue weighted by atomic mass is 16.2. The van der Waals surface area contributed by atoms with Gasteiger partial charge in [0.2, 0.25) is 17.7 Å². The summed E-state index contributed by atoms with van der Waals surface area (Å²) in [7, 11) is 1.96. The highest BCUT2D eigenvalue weighted by Gasteiger charge is 2.33. The fourth-order valence-electron chi connectivity index (χ4n) is 5.28. The molecular formula is C23H35N5O3. The van der Waals surface area contributed by atoms with E-state index in [0.29, 0.717) is 39.0 Å². The lowest BCUT2D eigenvalue weighted by atomic mass is 9.93. The highest BCUT2D eigenvalue weighted by Crippen LogP contribution is 2.27. The van der Waals surface area contributed by atoms with E-state index in [9.17, 15) is 14.4 Å². The SMILES string of the molecule is CC(=O)N1CCC(C(=O)N2CCc3c(c(CCC(=O)N4CCCCC4)nn3C)C2)CC1. The van der Waals surface area contributed by atoms with Gasteiger partial charge in [-0.1, -0.05) is 0 Å². The fourth-order valence-corrected chi connectivity index (χ4v) is 5.28. The van der Waals surface area contributed by atoms with Crippen molar-refractivity contribution in [2.24, 2.45) is 13.0 Å². The van der Waals surface area contributed by atoms with Crippen molar-refractivity contribution in [3.63, 3.8) is 0 Å². The van der Waals surface area contributed by atoms with Crippen LogP contribution in [0.25, 0.3) is 0 Å². The quantitative estimate of drug-likeness (QED) is 0.727. The summed E-state index contributed by atoms with van der Waals surface area (Å²) in [4.78, 5) is 43.1. The van der Waals surface area contributed by atoms with Crippen LogP contribution < -0.4 is 0 Å².